The normalized spacial score (nSPS) is 23.0. The largest absolute Gasteiger partial charge is 0.465 e. The first kappa shape index (κ1) is 17.4. The molecule has 2 unspecified atom stereocenters. The van der Waals surface area contributed by atoms with Crippen LogP contribution in [0.1, 0.15) is 47.5 Å². The number of hydrogen-bond donors (Lipinski definition) is 1. The van der Waals surface area contributed by atoms with Crippen LogP contribution in [-0.2, 0) is 9.53 Å². The van der Waals surface area contributed by atoms with E-state index in [0.29, 0.717) is 6.61 Å². The highest BCUT2D eigenvalue weighted by Crippen LogP contribution is 2.24. The van der Waals surface area contributed by atoms with Gasteiger partial charge < -0.3 is 15.0 Å². The summed E-state index contributed by atoms with van der Waals surface area (Å²) in [5.74, 6) is 1.44. The highest BCUT2D eigenvalue weighted by atomic mass is 16.5. The van der Waals surface area contributed by atoms with Crippen molar-refractivity contribution in [3.63, 3.8) is 0 Å². The van der Waals surface area contributed by atoms with Gasteiger partial charge in [0, 0.05) is 13.1 Å². The first-order valence-corrected chi connectivity index (χ1v) is 8.07. The lowest BCUT2D eigenvalue weighted by molar-refractivity contribution is -0.151. The minimum Gasteiger partial charge on any atom is -0.465 e. The number of carbonyl (C=O) groups is 1. The fraction of sp³-hybridized carbons (Fsp3) is 0.938. The highest BCUT2D eigenvalue weighted by molar-refractivity contribution is 5.80. The molecule has 1 rings (SSSR count). The zero-order valence-electron chi connectivity index (χ0n) is 13.9. The highest BCUT2D eigenvalue weighted by Gasteiger charge is 2.35. The fourth-order valence-electron chi connectivity index (χ4n) is 2.93. The van der Waals surface area contributed by atoms with Crippen molar-refractivity contribution in [1.82, 2.24) is 10.2 Å². The Morgan fingerprint density at radius 2 is 2.15 bits per heavy atom. The molecule has 0 radical (unpaired) electrons. The number of hydrogen-bond acceptors (Lipinski definition) is 4. The summed E-state index contributed by atoms with van der Waals surface area (Å²) in [5, 5.41) is 3.30. The lowest BCUT2D eigenvalue weighted by Crippen LogP contribution is -2.52. The molecule has 0 saturated carbocycles. The van der Waals surface area contributed by atoms with Crippen LogP contribution in [0.15, 0.2) is 0 Å². The second-order valence-corrected chi connectivity index (χ2v) is 6.43. The molecule has 1 aliphatic rings. The van der Waals surface area contributed by atoms with Crippen molar-refractivity contribution in [1.29, 1.82) is 0 Å². The van der Waals surface area contributed by atoms with Crippen LogP contribution in [-0.4, -0.2) is 49.2 Å². The number of ether oxygens (including phenoxy) is 1. The molecule has 0 aliphatic carbocycles. The van der Waals surface area contributed by atoms with E-state index < -0.39 is 5.54 Å². The number of rotatable bonds is 8. The molecule has 0 amide bonds. The summed E-state index contributed by atoms with van der Waals surface area (Å²) in [4.78, 5) is 14.6. The molecule has 1 aliphatic heterocycles. The van der Waals surface area contributed by atoms with Crippen molar-refractivity contribution in [3.05, 3.63) is 0 Å². The van der Waals surface area contributed by atoms with Gasteiger partial charge in [-0.3, -0.25) is 4.79 Å². The van der Waals surface area contributed by atoms with Gasteiger partial charge in [-0.1, -0.05) is 20.8 Å². The van der Waals surface area contributed by atoms with Gasteiger partial charge in [-0.15, -0.1) is 0 Å². The predicted molar refractivity (Wildman–Crippen MR) is 82.7 cm³/mol. The van der Waals surface area contributed by atoms with Crippen molar-refractivity contribution in [2.24, 2.45) is 11.8 Å². The third kappa shape index (κ3) is 4.74. The van der Waals surface area contributed by atoms with Crippen LogP contribution < -0.4 is 5.32 Å². The molecule has 0 aromatic heterocycles. The fourth-order valence-corrected chi connectivity index (χ4v) is 2.93. The molecule has 1 saturated heterocycles. The summed E-state index contributed by atoms with van der Waals surface area (Å²) in [6.07, 6.45) is 2.10. The Balaban J connectivity index is 2.49. The van der Waals surface area contributed by atoms with E-state index in [-0.39, 0.29) is 5.97 Å². The van der Waals surface area contributed by atoms with Crippen molar-refractivity contribution < 1.29 is 9.53 Å². The van der Waals surface area contributed by atoms with Gasteiger partial charge in [-0.2, -0.15) is 0 Å². The number of likely N-dealkylation sites (tertiary alicyclic amines) is 1. The average molecular weight is 284 g/mol. The average Bonchev–Trinajstić information content (AvgIpc) is 2.86. The van der Waals surface area contributed by atoms with Crippen LogP contribution in [0.4, 0.5) is 0 Å². The Kier molecular flexibility index (Phi) is 6.96. The van der Waals surface area contributed by atoms with Gasteiger partial charge in [-0.25, -0.2) is 0 Å². The maximum absolute atomic E-state index is 12.1. The van der Waals surface area contributed by atoms with E-state index in [1.54, 1.807) is 0 Å². The molecular weight excluding hydrogens is 252 g/mol. The topological polar surface area (TPSA) is 41.6 Å². The Morgan fingerprint density at radius 3 is 2.65 bits per heavy atom. The van der Waals surface area contributed by atoms with Crippen LogP contribution in [0.3, 0.4) is 0 Å². The van der Waals surface area contributed by atoms with Gasteiger partial charge in [0.1, 0.15) is 5.54 Å². The van der Waals surface area contributed by atoms with E-state index in [9.17, 15) is 4.79 Å². The van der Waals surface area contributed by atoms with Crippen molar-refractivity contribution in [2.75, 3.05) is 32.8 Å². The quantitative estimate of drug-likeness (QED) is 0.694. The third-order valence-corrected chi connectivity index (χ3v) is 4.47. The first-order chi connectivity index (χ1) is 9.42. The Hall–Kier alpha value is -0.610. The molecule has 118 valence electrons. The van der Waals surface area contributed by atoms with Crippen LogP contribution in [0.25, 0.3) is 0 Å². The second kappa shape index (κ2) is 7.99. The number of nitrogens with one attached hydrogen (secondary N) is 1. The van der Waals surface area contributed by atoms with Crippen LogP contribution >= 0.6 is 0 Å². The number of carbonyl (C=O) groups excluding carboxylic acids is 1. The Morgan fingerprint density at radius 1 is 1.45 bits per heavy atom. The van der Waals surface area contributed by atoms with Gasteiger partial charge in [0.05, 0.1) is 6.61 Å². The predicted octanol–water partition coefficient (Wildman–Crippen LogP) is 2.29. The molecule has 4 nitrogen and oxygen atoms in total. The smallest absolute Gasteiger partial charge is 0.326 e. The van der Waals surface area contributed by atoms with Gasteiger partial charge in [0.2, 0.25) is 0 Å². The molecule has 4 heteroatoms. The molecule has 1 heterocycles. The zero-order valence-corrected chi connectivity index (χ0v) is 13.9. The zero-order chi connectivity index (χ0) is 15.2. The minimum absolute atomic E-state index is 0.124. The standard InChI is InChI=1S/C16H32N2O2/c1-6-17-16(5,15(19)20-7-2)9-11-18-10-8-14(12-18)13(3)4/h13-14,17H,6-12H2,1-5H3. The Bertz CT molecular complexity index is 307. The summed E-state index contributed by atoms with van der Waals surface area (Å²) in [6, 6.07) is 0. The molecule has 1 N–H and O–H groups in total. The number of likely N-dealkylation sites (N-methyl/N-ethyl adjacent to an activating group) is 1. The maximum Gasteiger partial charge on any atom is 0.326 e. The van der Waals surface area contributed by atoms with Crippen molar-refractivity contribution in [2.45, 2.75) is 53.0 Å². The number of nitrogens with zero attached hydrogens (tertiary/aromatic N) is 1. The van der Waals surface area contributed by atoms with Crippen molar-refractivity contribution in [3.8, 4) is 0 Å². The maximum atomic E-state index is 12.1. The van der Waals surface area contributed by atoms with E-state index in [2.05, 4.69) is 24.1 Å². The summed E-state index contributed by atoms with van der Waals surface area (Å²) >= 11 is 0. The van der Waals surface area contributed by atoms with E-state index >= 15 is 0 Å². The van der Waals surface area contributed by atoms with E-state index in [1.807, 2.05) is 20.8 Å². The molecular formula is C16H32N2O2. The number of esters is 1. The first-order valence-electron chi connectivity index (χ1n) is 8.07. The van der Waals surface area contributed by atoms with E-state index in [0.717, 1.165) is 37.9 Å². The lowest BCUT2D eigenvalue weighted by Gasteiger charge is -2.30. The minimum atomic E-state index is -0.555. The molecule has 1 fully saturated rings. The molecule has 0 aromatic rings. The molecule has 0 bridgehead atoms. The van der Waals surface area contributed by atoms with Crippen LogP contribution in [0.5, 0.6) is 0 Å². The summed E-state index contributed by atoms with van der Waals surface area (Å²) < 4.78 is 5.21. The molecule has 0 spiro atoms. The van der Waals surface area contributed by atoms with Gasteiger partial charge in [0.15, 0.2) is 0 Å². The molecule has 20 heavy (non-hydrogen) atoms. The molecule has 0 aromatic carbocycles. The van der Waals surface area contributed by atoms with E-state index in [4.69, 9.17) is 4.74 Å². The molecule has 2 atom stereocenters. The summed E-state index contributed by atoms with van der Waals surface area (Å²) in [5.41, 5.74) is -0.555. The second-order valence-electron chi connectivity index (χ2n) is 6.43. The lowest BCUT2D eigenvalue weighted by atomic mass is 9.95. The van der Waals surface area contributed by atoms with E-state index in [1.165, 1.54) is 13.0 Å². The Labute approximate surface area is 124 Å². The SMILES string of the molecule is CCNC(C)(CCN1CCC(C(C)C)C1)C(=O)OCC. The van der Waals surface area contributed by atoms with Gasteiger partial charge >= 0.3 is 5.97 Å². The summed E-state index contributed by atoms with van der Waals surface area (Å²) in [6.45, 7) is 15.0. The van der Waals surface area contributed by atoms with Crippen molar-refractivity contribution >= 4 is 5.97 Å². The third-order valence-electron chi connectivity index (χ3n) is 4.47. The van der Waals surface area contributed by atoms with Gasteiger partial charge in [0.25, 0.3) is 0 Å². The van der Waals surface area contributed by atoms with Gasteiger partial charge in [-0.05, 0) is 51.6 Å². The summed E-state index contributed by atoms with van der Waals surface area (Å²) in [7, 11) is 0. The van der Waals surface area contributed by atoms with Crippen LogP contribution in [0.2, 0.25) is 0 Å². The monoisotopic (exact) mass is 284 g/mol. The van der Waals surface area contributed by atoms with Crippen LogP contribution in [0, 0.1) is 11.8 Å².